The third-order valence-corrected chi connectivity index (χ3v) is 5.22. The third-order valence-electron chi connectivity index (χ3n) is 4.93. The van der Waals surface area contributed by atoms with E-state index in [0.29, 0.717) is 28.4 Å². The Morgan fingerprint density at radius 3 is 2.79 bits per heavy atom. The number of halogens is 1. The van der Waals surface area contributed by atoms with Gasteiger partial charge in [0.05, 0.1) is 22.5 Å². The lowest BCUT2D eigenvalue weighted by atomic mass is 10.1. The Bertz CT molecular complexity index is 777. The van der Waals surface area contributed by atoms with Crippen LogP contribution < -0.4 is 5.32 Å². The van der Waals surface area contributed by atoms with Gasteiger partial charge in [0.2, 0.25) is 0 Å². The lowest BCUT2D eigenvalue weighted by Gasteiger charge is -2.27. The molecule has 1 N–H and O–H groups in total. The zero-order valence-electron chi connectivity index (χ0n) is 13.5. The van der Waals surface area contributed by atoms with Crippen LogP contribution in [0.5, 0.6) is 0 Å². The van der Waals surface area contributed by atoms with E-state index >= 15 is 0 Å². The first-order valence-electron chi connectivity index (χ1n) is 8.26. The van der Waals surface area contributed by atoms with E-state index in [1.807, 2.05) is 24.0 Å². The zero-order chi connectivity index (χ0) is 16.7. The average Bonchev–Trinajstić information content (AvgIpc) is 3.21. The first-order chi connectivity index (χ1) is 11.6. The fraction of sp³-hybridized carbons (Fsp3) is 0.389. The molecule has 1 amide bonds. The molecule has 3 heterocycles. The molecule has 1 saturated carbocycles. The van der Waals surface area contributed by atoms with Crippen molar-refractivity contribution in [3.63, 3.8) is 0 Å². The fourth-order valence-electron chi connectivity index (χ4n) is 3.66. The summed E-state index contributed by atoms with van der Waals surface area (Å²) in [5, 5.41) is 3.57. The van der Waals surface area contributed by atoms with Gasteiger partial charge in [0.25, 0.3) is 5.91 Å². The summed E-state index contributed by atoms with van der Waals surface area (Å²) in [7, 11) is 0. The van der Waals surface area contributed by atoms with Gasteiger partial charge in [-0.15, -0.1) is 0 Å². The Kier molecular flexibility index (Phi) is 3.88. The van der Waals surface area contributed by atoms with Crippen LogP contribution in [0.2, 0.25) is 5.02 Å². The smallest absolute Gasteiger partial charge is 0.255 e. The molecular weight excluding hydrogens is 324 g/mol. The van der Waals surface area contributed by atoms with Gasteiger partial charge in [-0.1, -0.05) is 11.6 Å². The number of rotatable bonds is 3. The monoisotopic (exact) mass is 342 g/mol. The van der Waals surface area contributed by atoms with E-state index in [0.717, 1.165) is 30.8 Å². The molecule has 4 rings (SSSR count). The van der Waals surface area contributed by atoms with Crippen LogP contribution in [0.15, 0.2) is 30.6 Å². The van der Waals surface area contributed by atoms with Crippen LogP contribution in [0.25, 0.3) is 0 Å². The van der Waals surface area contributed by atoms with Crippen molar-refractivity contribution < 1.29 is 4.79 Å². The van der Waals surface area contributed by atoms with Crippen LogP contribution >= 0.6 is 11.6 Å². The van der Waals surface area contributed by atoms with Crippen molar-refractivity contribution in [1.29, 1.82) is 0 Å². The van der Waals surface area contributed by atoms with E-state index < -0.39 is 0 Å². The molecule has 0 aromatic carbocycles. The number of aryl methyl sites for hydroxylation is 1. The van der Waals surface area contributed by atoms with Gasteiger partial charge in [-0.05, 0) is 50.3 Å². The zero-order valence-corrected chi connectivity index (χ0v) is 14.3. The van der Waals surface area contributed by atoms with E-state index in [1.54, 1.807) is 18.5 Å². The van der Waals surface area contributed by atoms with Crippen molar-refractivity contribution in [1.82, 2.24) is 14.9 Å². The number of carbonyl (C=O) groups is 1. The largest absolute Gasteiger partial charge is 0.338 e. The van der Waals surface area contributed by atoms with E-state index in [4.69, 9.17) is 11.6 Å². The number of nitrogens with one attached hydrogen (secondary N) is 1. The van der Waals surface area contributed by atoms with Gasteiger partial charge in [0.15, 0.2) is 0 Å². The number of hydrogen-bond acceptors (Lipinski definition) is 4. The van der Waals surface area contributed by atoms with Gasteiger partial charge in [-0.25, -0.2) is 4.98 Å². The second kappa shape index (κ2) is 6.06. The Balaban J connectivity index is 1.51. The molecule has 2 aromatic rings. The van der Waals surface area contributed by atoms with E-state index in [9.17, 15) is 4.79 Å². The minimum Gasteiger partial charge on any atom is -0.338 e. The predicted octanol–water partition coefficient (Wildman–Crippen LogP) is 3.81. The van der Waals surface area contributed by atoms with Crippen LogP contribution in [-0.4, -0.2) is 33.4 Å². The number of likely N-dealkylation sites (tertiary alicyclic amines) is 1. The van der Waals surface area contributed by atoms with E-state index in [-0.39, 0.29) is 5.91 Å². The molecule has 124 valence electrons. The molecule has 2 fully saturated rings. The van der Waals surface area contributed by atoms with Gasteiger partial charge in [-0.3, -0.25) is 9.78 Å². The maximum atomic E-state index is 12.7. The summed E-state index contributed by atoms with van der Waals surface area (Å²) in [6.45, 7) is 2.80. The third kappa shape index (κ3) is 2.84. The summed E-state index contributed by atoms with van der Waals surface area (Å²) >= 11 is 6.32. The highest BCUT2D eigenvalue weighted by Crippen LogP contribution is 2.38. The average molecular weight is 343 g/mol. The molecule has 0 spiro atoms. The predicted molar refractivity (Wildman–Crippen MR) is 93.7 cm³/mol. The molecule has 6 heteroatoms. The molecule has 2 aromatic heterocycles. The van der Waals surface area contributed by atoms with Crippen LogP contribution in [0.1, 0.15) is 35.3 Å². The lowest BCUT2D eigenvalue weighted by molar-refractivity contribution is 0.0703. The van der Waals surface area contributed by atoms with Crippen LogP contribution in [0.4, 0.5) is 11.5 Å². The second-order valence-electron chi connectivity index (χ2n) is 6.66. The number of anilines is 2. The highest BCUT2D eigenvalue weighted by atomic mass is 35.5. The summed E-state index contributed by atoms with van der Waals surface area (Å²) in [6.07, 6.45) is 6.85. The lowest BCUT2D eigenvalue weighted by Crippen LogP contribution is -2.37. The number of hydrogen-bond donors (Lipinski definition) is 1. The molecule has 1 aliphatic carbocycles. The Hall–Kier alpha value is -2.14. The number of carbonyl (C=O) groups excluding carboxylic acids is 1. The van der Waals surface area contributed by atoms with Crippen molar-refractivity contribution in [3.8, 4) is 0 Å². The summed E-state index contributed by atoms with van der Waals surface area (Å²) in [5.41, 5.74) is 2.31. The number of amides is 1. The van der Waals surface area contributed by atoms with Crippen LogP contribution in [0.3, 0.4) is 0 Å². The Morgan fingerprint density at radius 2 is 2.17 bits per heavy atom. The first kappa shape index (κ1) is 15.4. The Labute approximate surface area is 146 Å². The molecular formula is C18H19ClN4O. The summed E-state index contributed by atoms with van der Waals surface area (Å²) in [4.78, 5) is 23.2. The normalized spacial score (nSPS) is 22.0. The van der Waals surface area contributed by atoms with E-state index in [1.165, 1.54) is 6.42 Å². The van der Waals surface area contributed by atoms with Gasteiger partial charge in [0.1, 0.15) is 5.82 Å². The maximum Gasteiger partial charge on any atom is 0.255 e. The number of nitrogens with zero attached hydrogens (tertiary/aromatic N) is 3. The molecule has 5 nitrogen and oxygen atoms in total. The molecule has 1 aliphatic heterocycles. The van der Waals surface area contributed by atoms with Crippen molar-refractivity contribution in [2.45, 2.75) is 32.2 Å². The number of fused-ring (bicyclic) bond motifs is 2. The van der Waals surface area contributed by atoms with Crippen LogP contribution in [0, 0.1) is 12.8 Å². The molecule has 2 aliphatic rings. The van der Waals surface area contributed by atoms with Crippen molar-refractivity contribution in [2.24, 2.45) is 5.92 Å². The molecule has 1 saturated heterocycles. The van der Waals surface area contributed by atoms with Crippen molar-refractivity contribution in [2.75, 3.05) is 11.9 Å². The highest BCUT2D eigenvalue weighted by molar-refractivity contribution is 6.33. The highest BCUT2D eigenvalue weighted by Gasteiger charge is 2.40. The summed E-state index contributed by atoms with van der Waals surface area (Å²) in [6, 6.07) is 5.93. The number of piperidine rings is 1. The van der Waals surface area contributed by atoms with Gasteiger partial charge >= 0.3 is 0 Å². The molecule has 24 heavy (non-hydrogen) atoms. The van der Waals surface area contributed by atoms with E-state index in [2.05, 4.69) is 15.3 Å². The maximum absolute atomic E-state index is 12.7. The molecule has 2 unspecified atom stereocenters. The minimum absolute atomic E-state index is 0.0418. The minimum atomic E-state index is 0.0418. The van der Waals surface area contributed by atoms with Gasteiger partial charge in [0, 0.05) is 24.5 Å². The fourth-order valence-corrected chi connectivity index (χ4v) is 3.88. The Morgan fingerprint density at radius 1 is 1.29 bits per heavy atom. The first-order valence-corrected chi connectivity index (χ1v) is 8.64. The summed E-state index contributed by atoms with van der Waals surface area (Å²) in [5.74, 6) is 1.25. The SMILES string of the molecule is Cc1ccc(Nc2ncc(C(=O)N3CC4CCC3C4)cc2Cl)cn1. The van der Waals surface area contributed by atoms with Crippen molar-refractivity contribution >= 4 is 29.0 Å². The standard InChI is InChI=1S/C18H19ClN4O/c1-11-2-4-14(9-20-11)22-17-16(19)7-13(8-21-17)18(24)23-10-12-3-5-15(23)6-12/h2,4,7-9,12,15H,3,5-6,10H2,1H3,(H,21,22). The van der Waals surface area contributed by atoms with Crippen LogP contribution in [-0.2, 0) is 0 Å². The second-order valence-corrected chi connectivity index (χ2v) is 7.07. The van der Waals surface area contributed by atoms with Gasteiger partial charge in [-0.2, -0.15) is 0 Å². The van der Waals surface area contributed by atoms with Gasteiger partial charge < -0.3 is 10.2 Å². The molecule has 2 bridgehead atoms. The molecule has 0 radical (unpaired) electrons. The quantitative estimate of drug-likeness (QED) is 0.921. The topological polar surface area (TPSA) is 58.1 Å². The summed E-state index contributed by atoms with van der Waals surface area (Å²) < 4.78 is 0. The molecule has 2 atom stereocenters. The number of pyridine rings is 2. The van der Waals surface area contributed by atoms with Crippen molar-refractivity contribution in [3.05, 3.63) is 46.9 Å². The number of aromatic nitrogens is 2.